The Kier molecular flexibility index (Phi) is 2.09. The Hall–Kier alpha value is -1.62. The van der Waals surface area contributed by atoms with Crippen molar-refractivity contribution in [3.8, 4) is 0 Å². The molecule has 0 radical (unpaired) electrons. The van der Waals surface area contributed by atoms with Gasteiger partial charge in [0, 0.05) is 5.38 Å². The first kappa shape index (κ1) is 8.00. The molecule has 2 aromatic heterocycles. The van der Waals surface area contributed by atoms with E-state index < -0.39 is 0 Å². The van der Waals surface area contributed by atoms with Crippen LogP contribution in [0.15, 0.2) is 29.4 Å². The van der Waals surface area contributed by atoms with Crippen molar-refractivity contribution in [3.05, 3.63) is 29.4 Å². The van der Waals surface area contributed by atoms with Crippen molar-refractivity contribution < 1.29 is 0 Å². The number of hydrogen-bond donors (Lipinski definition) is 2. The van der Waals surface area contributed by atoms with Crippen molar-refractivity contribution in [2.75, 3.05) is 11.1 Å². The maximum atomic E-state index is 5.65. The van der Waals surface area contributed by atoms with Crippen molar-refractivity contribution in [3.63, 3.8) is 0 Å². The minimum Gasteiger partial charge on any atom is -0.394 e. The van der Waals surface area contributed by atoms with Crippen LogP contribution in [0.2, 0.25) is 0 Å². The van der Waals surface area contributed by atoms with Crippen LogP contribution in [0.1, 0.15) is 0 Å². The third-order valence-corrected chi connectivity index (χ3v) is 2.21. The molecule has 66 valence electrons. The molecule has 0 spiro atoms. The minimum absolute atomic E-state index is 0.550. The highest BCUT2D eigenvalue weighted by atomic mass is 32.1. The average molecular weight is 192 g/mol. The van der Waals surface area contributed by atoms with E-state index >= 15 is 0 Å². The van der Waals surface area contributed by atoms with Crippen LogP contribution in [0.3, 0.4) is 0 Å². The second-order valence-electron chi connectivity index (χ2n) is 2.46. The molecule has 13 heavy (non-hydrogen) atoms. The summed E-state index contributed by atoms with van der Waals surface area (Å²) in [6.07, 6.45) is 3.03. The first-order valence-corrected chi connectivity index (χ1v) is 4.65. The second-order valence-corrected chi connectivity index (χ2v) is 3.24. The van der Waals surface area contributed by atoms with Gasteiger partial charge in [-0.25, -0.2) is 9.97 Å². The van der Waals surface area contributed by atoms with Crippen LogP contribution in [0.4, 0.5) is 17.2 Å². The van der Waals surface area contributed by atoms with Gasteiger partial charge >= 0.3 is 0 Å². The Morgan fingerprint density at radius 1 is 1.46 bits per heavy atom. The highest BCUT2D eigenvalue weighted by molar-refractivity contribution is 7.08. The summed E-state index contributed by atoms with van der Waals surface area (Å²) in [5.74, 6) is 0.647. The predicted molar refractivity (Wildman–Crippen MR) is 54.0 cm³/mol. The molecule has 5 heteroatoms. The van der Waals surface area contributed by atoms with Crippen LogP contribution in [0.5, 0.6) is 0 Å². The van der Waals surface area contributed by atoms with Gasteiger partial charge in [0.05, 0.1) is 17.6 Å². The number of hydrogen-bond acceptors (Lipinski definition) is 5. The summed E-state index contributed by atoms with van der Waals surface area (Å²) in [6.45, 7) is 0. The molecule has 0 bridgehead atoms. The lowest BCUT2D eigenvalue weighted by Gasteiger charge is -2.03. The third-order valence-electron chi connectivity index (χ3n) is 1.52. The molecular formula is C8H8N4S. The van der Waals surface area contributed by atoms with E-state index in [1.807, 2.05) is 16.8 Å². The fraction of sp³-hybridized carbons (Fsp3) is 0. The molecule has 0 fully saturated rings. The predicted octanol–water partition coefficient (Wildman–Crippen LogP) is 1.86. The molecule has 0 aromatic carbocycles. The molecule has 2 aromatic rings. The second kappa shape index (κ2) is 3.40. The number of nitrogens with one attached hydrogen (secondary N) is 1. The Bertz CT molecular complexity index is 385. The zero-order valence-electron chi connectivity index (χ0n) is 6.77. The quantitative estimate of drug-likeness (QED) is 0.762. The number of nitrogens with zero attached hydrogens (tertiary/aromatic N) is 2. The fourth-order valence-corrected chi connectivity index (χ4v) is 1.50. The topological polar surface area (TPSA) is 63.8 Å². The SMILES string of the molecule is Nc1cncnc1Nc1ccsc1. The number of thiophene rings is 1. The zero-order valence-corrected chi connectivity index (χ0v) is 7.58. The van der Waals surface area contributed by atoms with Crippen LogP contribution in [0.25, 0.3) is 0 Å². The summed E-state index contributed by atoms with van der Waals surface area (Å²) in [4.78, 5) is 7.81. The van der Waals surface area contributed by atoms with E-state index in [0.29, 0.717) is 11.5 Å². The fourth-order valence-electron chi connectivity index (χ4n) is 0.917. The maximum Gasteiger partial charge on any atom is 0.157 e. The normalized spacial score (nSPS) is 9.85. The third kappa shape index (κ3) is 1.75. The highest BCUT2D eigenvalue weighted by Crippen LogP contribution is 2.20. The Labute approximate surface area is 79.5 Å². The van der Waals surface area contributed by atoms with Gasteiger partial charge in [-0.2, -0.15) is 11.3 Å². The summed E-state index contributed by atoms with van der Waals surface area (Å²) in [5.41, 5.74) is 7.20. The molecule has 3 N–H and O–H groups in total. The number of rotatable bonds is 2. The maximum absolute atomic E-state index is 5.65. The molecule has 2 heterocycles. The number of anilines is 3. The molecule has 0 aliphatic rings. The van der Waals surface area contributed by atoms with Gasteiger partial charge in [-0.15, -0.1) is 0 Å². The lowest BCUT2D eigenvalue weighted by atomic mass is 10.4. The first-order valence-electron chi connectivity index (χ1n) is 3.71. The van der Waals surface area contributed by atoms with Crippen molar-refractivity contribution in [2.24, 2.45) is 0 Å². The van der Waals surface area contributed by atoms with Crippen LogP contribution < -0.4 is 11.1 Å². The smallest absolute Gasteiger partial charge is 0.157 e. The number of nitrogen functional groups attached to an aromatic ring is 1. The van der Waals surface area contributed by atoms with Crippen LogP contribution in [-0.2, 0) is 0 Å². The lowest BCUT2D eigenvalue weighted by Crippen LogP contribution is -1.98. The van der Waals surface area contributed by atoms with E-state index in [4.69, 9.17) is 5.73 Å². The molecule has 0 amide bonds. The monoisotopic (exact) mass is 192 g/mol. The Balaban J connectivity index is 2.24. The molecule has 4 nitrogen and oxygen atoms in total. The van der Waals surface area contributed by atoms with Crippen molar-refractivity contribution in [1.29, 1.82) is 0 Å². The number of nitrogens with two attached hydrogens (primary N) is 1. The molecular weight excluding hydrogens is 184 g/mol. The number of aromatic nitrogens is 2. The van der Waals surface area contributed by atoms with Gasteiger partial charge in [0.2, 0.25) is 0 Å². The van der Waals surface area contributed by atoms with Gasteiger partial charge in [-0.1, -0.05) is 0 Å². The summed E-state index contributed by atoms with van der Waals surface area (Å²) >= 11 is 1.62. The minimum atomic E-state index is 0.550. The highest BCUT2D eigenvalue weighted by Gasteiger charge is 1.99. The van der Waals surface area contributed by atoms with E-state index in [-0.39, 0.29) is 0 Å². The largest absolute Gasteiger partial charge is 0.394 e. The molecule has 0 aliphatic heterocycles. The van der Waals surface area contributed by atoms with E-state index in [1.54, 1.807) is 17.5 Å². The van der Waals surface area contributed by atoms with E-state index in [1.165, 1.54) is 6.33 Å². The van der Waals surface area contributed by atoms with Gasteiger partial charge in [-0.05, 0) is 11.4 Å². The van der Waals surface area contributed by atoms with Crippen molar-refractivity contribution in [1.82, 2.24) is 9.97 Å². The first-order chi connectivity index (χ1) is 6.36. The molecule has 0 unspecified atom stereocenters. The summed E-state index contributed by atoms with van der Waals surface area (Å²) in [6, 6.07) is 1.96. The standard InChI is InChI=1S/C8H8N4S/c9-7-3-10-5-11-8(7)12-6-1-2-13-4-6/h1-5H,9H2,(H,10,11,12). The molecule has 0 atom stereocenters. The molecule has 0 saturated heterocycles. The zero-order chi connectivity index (χ0) is 9.10. The molecule has 0 aliphatic carbocycles. The molecule has 0 saturated carbocycles. The summed E-state index contributed by atoms with van der Waals surface area (Å²) in [5, 5.41) is 7.06. The average Bonchev–Trinajstić information content (AvgIpc) is 2.61. The van der Waals surface area contributed by atoms with Crippen LogP contribution in [0, 0.1) is 0 Å². The Morgan fingerprint density at radius 2 is 2.38 bits per heavy atom. The summed E-state index contributed by atoms with van der Waals surface area (Å²) in [7, 11) is 0. The van der Waals surface area contributed by atoms with Crippen molar-refractivity contribution in [2.45, 2.75) is 0 Å². The van der Waals surface area contributed by atoms with E-state index in [2.05, 4.69) is 15.3 Å². The molecule has 2 rings (SSSR count). The Morgan fingerprint density at radius 3 is 3.08 bits per heavy atom. The van der Waals surface area contributed by atoms with Gasteiger partial charge < -0.3 is 11.1 Å². The van der Waals surface area contributed by atoms with Crippen LogP contribution in [-0.4, -0.2) is 9.97 Å². The van der Waals surface area contributed by atoms with Gasteiger partial charge in [-0.3, -0.25) is 0 Å². The van der Waals surface area contributed by atoms with Gasteiger partial charge in [0.1, 0.15) is 6.33 Å². The van der Waals surface area contributed by atoms with Gasteiger partial charge in [0.15, 0.2) is 5.82 Å². The van der Waals surface area contributed by atoms with Gasteiger partial charge in [0.25, 0.3) is 0 Å². The lowest BCUT2D eigenvalue weighted by molar-refractivity contribution is 1.17. The van der Waals surface area contributed by atoms with Crippen LogP contribution >= 0.6 is 11.3 Å². The van der Waals surface area contributed by atoms with E-state index in [9.17, 15) is 0 Å². The summed E-state index contributed by atoms with van der Waals surface area (Å²) < 4.78 is 0. The van der Waals surface area contributed by atoms with E-state index in [0.717, 1.165) is 5.69 Å². The van der Waals surface area contributed by atoms with Crippen molar-refractivity contribution >= 4 is 28.5 Å².